The van der Waals surface area contributed by atoms with Gasteiger partial charge >= 0.3 is 0 Å². The highest BCUT2D eigenvalue weighted by atomic mass is 35.5. The van der Waals surface area contributed by atoms with E-state index < -0.39 is 34.1 Å². The predicted octanol–water partition coefficient (Wildman–Crippen LogP) is 5.87. The zero-order chi connectivity index (χ0) is 29.7. The molecule has 0 bridgehead atoms. The molecular weight excluding hydrogens is 546 g/mol. The number of hydrogen-bond donors (Lipinski definition) is 1. The molecular formula is C31H38ClN3O4S. The molecule has 0 aliphatic rings. The van der Waals surface area contributed by atoms with Crippen LogP contribution in [0.2, 0.25) is 5.02 Å². The van der Waals surface area contributed by atoms with E-state index >= 15 is 0 Å². The predicted molar refractivity (Wildman–Crippen MR) is 161 cm³/mol. The molecule has 1 N–H and O–H groups in total. The number of benzene rings is 3. The molecule has 0 aliphatic heterocycles. The van der Waals surface area contributed by atoms with E-state index in [0.717, 1.165) is 15.4 Å². The van der Waals surface area contributed by atoms with Crippen LogP contribution in [-0.2, 0) is 26.2 Å². The lowest BCUT2D eigenvalue weighted by molar-refractivity contribution is -0.141. The molecule has 0 spiro atoms. The van der Waals surface area contributed by atoms with Gasteiger partial charge in [0.05, 0.1) is 10.6 Å². The smallest absolute Gasteiger partial charge is 0.264 e. The van der Waals surface area contributed by atoms with Crippen LogP contribution in [0.3, 0.4) is 0 Å². The van der Waals surface area contributed by atoms with Crippen molar-refractivity contribution in [2.75, 3.05) is 10.8 Å². The Labute approximate surface area is 243 Å². The third-order valence-corrected chi connectivity index (χ3v) is 8.40. The monoisotopic (exact) mass is 583 g/mol. The number of halogens is 1. The number of carbonyl (C=O) groups excluding carboxylic acids is 2. The maximum absolute atomic E-state index is 14.1. The van der Waals surface area contributed by atoms with Crippen molar-refractivity contribution < 1.29 is 18.0 Å². The van der Waals surface area contributed by atoms with E-state index in [1.807, 2.05) is 58.9 Å². The van der Waals surface area contributed by atoms with Crippen LogP contribution in [0.25, 0.3) is 0 Å². The fraction of sp³-hybridized carbons (Fsp3) is 0.355. The zero-order valence-electron chi connectivity index (χ0n) is 23.9. The van der Waals surface area contributed by atoms with Crippen LogP contribution in [0.4, 0.5) is 5.69 Å². The number of nitrogens with zero attached hydrogens (tertiary/aromatic N) is 2. The molecule has 2 amide bonds. The van der Waals surface area contributed by atoms with Gasteiger partial charge in [0.1, 0.15) is 12.6 Å². The zero-order valence-corrected chi connectivity index (χ0v) is 25.5. The molecule has 1 atom stereocenters. The maximum Gasteiger partial charge on any atom is 0.264 e. The summed E-state index contributed by atoms with van der Waals surface area (Å²) in [6.07, 6.45) is 0.352. The quantitative estimate of drug-likeness (QED) is 0.323. The minimum atomic E-state index is -4.14. The largest absolute Gasteiger partial charge is 0.350 e. The van der Waals surface area contributed by atoms with E-state index in [4.69, 9.17) is 11.6 Å². The Morgan fingerprint density at radius 2 is 1.57 bits per heavy atom. The number of aryl methyl sites for hydroxylation is 2. The lowest BCUT2D eigenvalue weighted by Crippen LogP contribution is -2.55. The SMILES string of the molecule is CC[C@@H](C(=O)NC(C)(C)C)N(Cc1ccc(C)cc1)C(=O)CN(c1ccc(Cl)cc1C)S(=O)(=O)c1ccccc1. The van der Waals surface area contributed by atoms with Gasteiger partial charge in [-0.3, -0.25) is 13.9 Å². The van der Waals surface area contributed by atoms with Gasteiger partial charge in [-0.15, -0.1) is 0 Å². The number of anilines is 1. The average molecular weight is 584 g/mol. The molecule has 0 saturated carbocycles. The van der Waals surface area contributed by atoms with Crippen LogP contribution in [-0.4, -0.2) is 43.3 Å². The first-order valence-electron chi connectivity index (χ1n) is 13.2. The molecule has 7 nitrogen and oxygen atoms in total. The normalized spacial score (nSPS) is 12.5. The molecule has 0 aliphatic carbocycles. The van der Waals surface area contributed by atoms with Gasteiger partial charge in [0.25, 0.3) is 10.0 Å². The van der Waals surface area contributed by atoms with Crippen LogP contribution in [0.15, 0.2) is 77.7 Å². The molecule has 9 heteroatoms. The summed E-state index contributed by atoms with van der Waals surface area (Å²) >= 11 is 6.17. The van der Waals surface area contributed by atoms with Crippen LogP contribution < -0.4 is 9.62 Å². The van der Waals surface area contributed by atoms with Crippen molar-refractivity contribution in [1.82, 2.24) is 10.2 Å². The Hall–Kier alpha value is -3.36. The molecule has 214 valence electrons. The first-order chi connectivity index (χ1) is 18.7. The highest BCUT2D eigenvalue weighted by molar-refractivity contribution is 7.92. The molecule has 0 fully saturated rings. The number of amides is 2. The Balaban J connectivity index is 2.09. The van der Waals surface area contributed by atoms with Crippen molar-refractivity contribution in [3.8, 4) is 0 Å². The highest BCUT2D eigenvalue weighted by Gasteiger charge is 2.35. The number of hydrogen-bond acceptors (Lipinski definition) is 4. The second-order valence-electron chi connectivity index (χ2n) is 10.9. The summed E-state index contributed by atoms with van der Waals surface area (Å²) < 4.78 is 29.0. The molecule has 0 unspecified atom stereocenters. The first-order valence-corrected chi connectivity index (χ1v) is 15.1. The van der Waals surface area contributed by atoms with Crippen LogP contribution >= 0.6 is 11.6 Å². The second-order valence-corrected chi connectivity index (χ2v) is 13.2. The lowest BCUT2D eigenvalue weighted by Gasteiger charge is -2.35. The fourth-order valence-corrected chi connectivity index (χ4v) is 6.12. The van der Waals surface area contributed by atoms with Gasteiger partial charge in [0, 0.05) is 17.1 Å². The van der Waals surface area contributed by atoms with Gasteiger partial charge in [0.15, 0.2) is 0 Å². The first kappa shape index (κ1) is 31.2. The van der Waals surface area contributed by atoms with E-state index in [2.05, 4.69) is 5.32 Å². The summed E-state index contributed by atoms with van der Waals surface area (Å²) in [6, 6.07) is 19.7. The Bertz CT molecular complexity index is 1440. The van der Waals surface area contributed by atoms with Crippen molar-refractivity contribution in [2.45, 2.75) is 71.0 Å². The summed E-state index contributed by atoms with van der Waals surface area (Å²) in [5, 5.41) is 3.43. The molecule has 3 rings (SSSR count). The van der Waals surface area contributed by atoms with Crippen molar-refractivity contribution >= 4 is 39.1 Å². The third kappa shape index (κ3) is 7.86. The molecule has 3 aromatic rings. The Kier molecular flexibility index (Phi) is 10.0. The van der Waals surface area contributed by atoms with Gasteiger partial charge in [-0.05, 0) is 82.5 Å². The maximum atomic E-state index is 14.1. The summed E-state index contributed by atoms with van der Waals surface area (Å²) in [6.45, 7) is 10.8. The Morgan fingerprint density at radius 3 is 2.12 bits per heavy atom. The van der Waals surface area contributed by atoms with Gasteiger partial charge in [-0.25, -0.2) is 8.42 Å². The van der Waals surface area contributed by atoms with Gasteiger partial charge in [-0.1, -0.05) is 66.6 Å². The molecule has 0 heterocycles. The lowest BCUT2D eigenvalue weighted by atomic mass is 10.1. The van der Waals surface area contributed by atoms with E-state index in [-0.39, 0.29) is 17.3 Å². The number of rotatable bonds is 10. The van der Waals surface area contributed by atoms with E-state index in [9.17, 15) is 18.0 Å². The summed E-state index contributed by atoms with van der Waals surface area (Å²) in [7, 11) is -4.14. The average Bonchev–Trinajstić information content (AvgIpc) is 2.88. The molecule has 3 aromatic carbocycles. The van der Waals surface area contributed by atoms with Crippen LogP contribution in [0, 0.1) is 13.8 Å². The van der Waals surface area contributed by atoms with Crippen LogP contribution in [0.1, 0.15) is 50.8 Å². The second kappa shape index (κ2) is 12.9. The number of nitrogens with one attached hydrogen (secondary N) is 1. The van der Waals surface area contributed by atoms with Crippen molar-refractivity contribution in [3.05, 3.63) is 94.5 Å². The molecule has 0 radical (unpaired) electrons. The highest BCUT2D eigenvalue weighted by Crippen LogP contribution is 2.29. The summed E-state index contributed by atoms with van der Waals surface area (Å²) in [5.74, 6) is -0.791. The third-order valence-electron chi connectivity index (χ3n) is 6.40. The summed E-state index contributed by atoms with van der Waals surface area (Å²) in [5.41, 5.74) is 2.33. The standard InChI is InChI=1S/C31H38ClN3O4S/c1-7-27(30(37)33-31(4,5)6)34(20-24-15-13-22(2)14-16-24)29(36)21-35(28-18-17-25(32)19-23(28)3)40(38,39)26-11-9-8-10-12-26/h8-19,27H,7,20-21H2,1-6H3,(H,33,37)/t27-/m0/s1. The van der Waals surface area contributed by atoms with E-state index in [0.29, 0.717) is 22.7 Å². The minimum absolute atomic E-state index is 0.0553. The van der Waals surface area contributed by atoms with E-state index in [1.165, 1.54) is 17.0 Å². The molecule has 40 heavy (non-hydrogen) atoms. The van der Waals surface area contributed by atoms with Crippen LogP contribution in [0.5, 0.6) is 0 Å². The number of carbonyl (C=O) groups is 2. The van der Waals surface area contributed by atoms with Crippen molar-refractivity contribution in [1.29, 1.82) is 0 Å². The fourth-order valence-electron chi connectivity index (χ4n) is 4.39. The van der Waals surface area contributed by atoms with Gasteiger partial charge in [-0.2, -0.15) is 0 Å². The molecule has 0 aromatic heterocycles. The van der Waals surface area contributed by atoms with E-state index in [1.54, 1.807) is 43.3 Å². The Morgan fingerprint density at radius 1 is 0.950 bits per heavy atom. The van der Waals surface area contributed by atoms with Crippen molar-refractivity contribution in [3.63, 3.8) is 0 Å². The van der Waals surface area contributed by atoms with Gasteiger partial charge < -0.3 is 10.2 Å². The summed E-state index contributed by atoms with van der Waals surface area (Å²) in [4.78, 5) is 29.1. The molecule has 0 saturated heterocycles. The minimum Gasteiger partial charge on any atom is -0.350 e. The number of sulfonamides is 1. The van der Waals surface area contributed by atoms with Crippen molar-refractivity contribution in [2.24, 2.45) is 0 Å². The van der Waals surface area contributed by atoms with Gasteiger partial charge in [0.2, 0.25) is 11.8 Å². The topological polar surface area (TPSA) is 86.8 Å².